The molecule has 6 nitrogen and oxygen atoms in total. The fourth-order valence-electron chi connectivity index (χ4n) is 4.35. The molecule has 1 aromatic heterocycles. The van der Waals surface area contributed by atoms with Crippen molar-refractivity contribution in [1.82, 2.24) is 0 Å². The normalized spacial score (nSPS) is 17.7. The molecule has 4 rings (SSSR count). The van der Waals surface area contributed by atoms with Crippen LogP contribution < -0.4 is 10.6 Å². The third-order valence-electron chi connectivity index (χ3n) is 6.14. The van der Waals surface area contributed by atoms with Gasteiger partial charge in [-0.25, -0.2) is 4.79 Å². The lowest BCUT2D eigenvalue weighted by molar-refractivity contribution is 0.0694. The van der Waals surface area contributed by atoms with Crippen molar-refractivity contribution in [3.63, 3.8) is 0 Å². The Balaban J connectivity index is 1.39. The van der Waals surface area contributed by atoms with Gasteiger partial charge in [0, 0.05) is 31.0 Å². The molecule has 2 aliphatic rings. The monoisotopic (exact) mass is 428 g/mol. The third kappa shape index (κ3) is 4.84. The molecule has 1 saturated heterocycles. The van der Waals surface area contributed by atoms with E-state index in [9.17, 15) is 14.7 Å². The molecule has 1 saturated carbocycles. The second-order valence-electron chi connectivity index (χ2n) is 8.15. The summed E-state index contributed by atoms with van der Waals surface area (Å²) in [6, 6.07) is 7.33. The minimum absolute atomic E-state index is 0.259. The van der Waals surface area contributed by atoms with Gasteiger partial charge < -0.3 is 20.5 Å². The molecule has 3 N–H and O–H groups in total. The number of ether oxygens (including phenoxy) is 1. The van der Waals surface area contributed by atoms with Crippen molar-refractivity contribution in [2.24, 2.45) is 5.92 Å². The molecule has 1 aromatic carbocycles. The summed E-state index contributed by atoms with van der Waals surface area (Å²) in [5.74, 6) is -0.349. The zero-order valence-electron chi connectivity index (χ0n) is 17.0. The van der Waals surface area contributed by atoms with E-state index in [1.54, 1.807) is 12.1 Å². The van der Waals surface area contributed by atoms with E-state index in [-0.39, 0.29) is 11.5 Å². The summed E-state index contributed by atoms with van der Waals surface area (Å²) in [5.41, 5.74) is 2.62. The number of carboxylic acids is 1. The van der Waals surface area contributed by atoms with Crippen LogP contribution >= 0.6 is 11.3 Å². The highest BCUT2D eigenvalue weighted by atomic mass is 32.1. The Kier molecular flexibility index (Phi) is 6.69. The highest BCUT2D eigenvalue weighted by molar-refractivity contribution is 7.15. The molecular formula is C23H28N2O4S. The topological polar surface area (TPSA) is 87.7 Å². The van der Waals surface area contributed by atoms with E-state index >= 15 is 0 Å². The van der Waals surface area contributed by atoms with Crippen LogP contribution in [-0.4, -0.2) is 36.7 Å². The largest absolute Gasteiger partial charge is 0.478 e. The molecule has 2 heterocycles. The maximum absolute atomic E-state index is 12.7. The van der Waals surface area contributed by atoms with Crippen molar-refractivity contribution < 1.29 is 19.4 Å². The Morgan fingerprint density at radius 3 is 2.43 bits per heavy atom. The number of rotatable bonds is 7. The number of aromatic carboxylic acids is 1. The van der Waals surface area contributed by atoms with Crippen molar-refractivity contribution in [2.75, 3.05) is 30.4 Å². The Morgan fingerprint density at radius 1 is 1.07 bits per heavy atom. The molecule has 1 amide bonds. The first-order valence-electron chi connectivity index (χ1n) is 10.7. The second-order valence-corrected chi connectivity index (χ2v) is 9.03. The molecule has 0 radical (unpaired) electrons. The Labute approximate surface area is 180 Å². The van der Waals surface area contributed by atoms with Crippen LogP contribution in [0.2, 0.25) is 0 Å². The van der Waals surface area contributed by atoms with E-state index in [1.807, 2.05) is 17.5 Å². The highest BCUT2D eigenvalue weighted by Crippen LogP contribution is 2.41. The van der Waals surface area contributed by atoms with Gasteiger partial charge in [0.25, 0.3) is 5.91 Å². The summed E-state index contributed by atoms with van der Waals surface area (Å²) in [6.45, 7) is 2.56. The molecule has 1 aliphatic heterocycles. The Bertz CT molecular complexity index is 881. The average molecular weight is 429 g/mol. The fraction of sp³-hybridized carbons (Fsp3) is 0.478. The van der Waals surface area contributed by atoms with E-state index in [0.717, 1.165) is 69.5 Å². The summed E-state index contributed by atoms with van der Waals surface area (Å²) in [5, 5.41) is 18.3. The number of benzene rings is 1. The van der Waals surface area contributed by atoms with Crippen LogP contribution in [0.1, 0.15) is 70.7 Å². The van der Waals surface area contributed by atoms with Gasteiger partial charge in [-0.2, -0.15) is 0 Å². The van der Waals surface area contributed by atoms with E-state index in [4.69, 9.17) is 4.74 Å². The van der Waals surface area contributed by atoms with Gasteiger partial charge in [0.1, 0.15) is 5.00 Å². The van der Waals surface area contributed by atoms with Gasteiger partial charge in [0.05, 0.1) is 5.56 Å². The molecule has 2 fully saturated rings. The quantitative estimate of drug-likeness (QED) is 0.564. The van der Waals surface area contributed by atoms with Crippen molar-refractivity contribution in [1.29, 1.82) is 0 Å². The molecule has 1 aliphatic carbocycles. The lowest BCUT2D eigenvalue weighted by atomic mass is 9.96. The maximum atomic E-state index is 12.7. The van der Waals surface area contributed by atoms with Crippen molar-refractivity contribution in [3.05, 3.63) is 46.3 Å². The summed E-state index contributed by atoms with van der Waals surface area (Å²) in [7, 11) is 0. The van der Waals surface area contributed by atoms with Crippen molar-refractivity contribution in [2.45, 2.75) is 44.4 Å². The lowest BCUT2D eigenvalue weighted by Crippen LogP contribution is -2.22. The first-order chi connectivity index (χ1) is 14.6. The zero-order valence-corrected chi connectivity index (χ0v) is 17.8. The summed E-state index contributed by atoms with van der Waals surface area (Å²) >= 11 is 1.31. The SMILES string of the molecule is O=C(Nc1scc(C2CCCC2)c1C(=O)O)c1ccc(NCC2CCOCC2)cc1. The number of amides is 1. The first kappa shape index (κ1) is 20.9. The predicted molar refractivity (Wildman–Crippen MR) is 119 cm³/mol. The number of carbonyl (C=O) groups excluding carboxylic acids is 1. The molecule has 30 heavy (non-hydrogen) atoms. The Morgan fingerprint density at radius 2 is 1.77 bits per heavy atom. The first-order valence-corrected chi connectivity index (χ1v) is 11.6. The van der Waals surface area contributed by atoms with Crippen molar-refractivity contribution in [3.8, 4) is 0 Å². The average Bonchev–Trinajstić information content (AvgIpc) is 3.43. The number of anilines is 2. The van der Waals surface area contributed by atoms with Crippen LogP contribution in [0.5, 0.6) is 0 Å². The molecule has 0 bridgehead atoms. The third-order valence-corrected chi connectivity index (χ3v) is 7.05. The number of hydrogen-bond acceptors (Lipinski definition) is 5. The number of carbonyl (C=O) groups is 2. The van der Waals surface area contributed by atoms with Crippen LogP contribution in [-0.2, 0) is 4.74 Å². The van der Waals surface area contributed by atoms with Gasteiger partial charge in [-0.15, -0.1) is 11.3 Å². The van der Waals surface area contributed by atoms with E-state index in [0.29, 0.717) is 22.4 Å². The molecule has 7 heteroatoms. The van der Waals surface area contributed by atoms with Crippen LogP contribution in [0.4, 0.5) is 10.7 Å². The van der Waals surface area contributed by atoms with E-state index in [1.165, 1.54) is 11.3 Å². The van der Waals surface area contributed by atoms with Crippen LogP contribution in [0.15, 0.2) is 29.6 Å². The number of hydrogen-bond donors (Lipinski definition) is 3. The van der Waals surface area contributed by atoms with E-state index in [2.05, 4.69) is 10.6 Å². The van der Waals surface area contributed by atoms with Gasteiger partial charge >= 0.3 is 5.97 Å². The number of nitrogens with one attached hydrogen (secondary N) is 2. The second kappa shape index (κ2) is 9.62. The smallest absolute Gasteiger partial charge is 0.339 e. The minimum atomic E-state index is -0.971. The minimum Gasteiger partial charge on any atom is -0.478 e. The molecule has 0 spiro atoms. The molecular weight excluding hydrogens is 400 g/mol. The highest BCUT2D eigenvalue weighted by Gasteiger charge is 2.27. The van der Waals surface area contributed by atoms with Gasteiger partial charge in [-0.05, 0) is 72.7 Å². The molecule has 0 unspecified atom stereocenters. The van der Waals surface area contributed by atoms with Crippen LogP contribution in [0, 0.1) is 5.92 Å². The van der Waals surface area contributed by atoms with Crippen molar-refractivity contribution >= 4 is 33.9 Å². The molecule has 2 aromatic rings. The number of thiophene rings is 1. The van der Waals surface area contributed by atoms with Gasteiger partial charge in [-0.3, -0.25) is 4.79 Å². The van der Waals surface area contributed by atoms with Gasteiger partial charge in [0.2, 0.25) is 0 Å². The molecule has 160 valence electrons. The molecule has 0 atom stereocenters. The standard InChI is InChI=1S/C23H28N2O4S/c26-21(17-5-7-18(8-6-17)24-13-15-9-11-29-12-10-15)25-22-20(23(27)28)19(14-30-22)16-3-1-2-4-16/h5-8,14-16,24H,1-4,9-13H2,(H,25,26)(H,27,28). The predicted octanol–water partition coefficient (Wildman–Crippen LogP) is 5.19. The van der Waals surface area contributed by atoms with Gasteiger partial charge in [-0.1, -0.05) is 12.8 Å². The summed E-state index contributed by atoms with van der Waals surface area (Å²) in [6.07, 6.45) is 6.46. The fourth-order valence-corrected chi connectivity index (χ4v) is 5.38. The Hall–Kier alpha value is -2.38. The summed E-state index contributed by atoms with van der Waals surface area (Å²) < 4.78 is 5.39. The van der Waals surface area contributed by atoms with Gasteiger partial charge in [0.15, 0.2) is 0 Å². The summed E-state index contributed by atoms with van der Waals surface area (Å²) in [4.78, 5) is 24.6. The maximum Gasteiger partial charge on any atom is 0.339 e. The van der Waals surface area contributed by atoms with Crippen LogP contribution in [0.25, 0.3) is 0 Å². The zero-order chi connectivity index (χ0) is 20.9. The van der Waals surface area contributed by atoms with Crippen LogP contribution in [0.3, 0.4) is 0 Å². The van der Waals surface area contributed by atoms with E-state index < -0.39 is 5.97 Å². The lowest BCUT2D eigenvalue weighted by Gasteiger charge is -2.22. The number of carboxylic acid groups (broad SMARTS) is 1.